The van der Waals surface area contributed by atoms with Crippen molar-refractivity contribution in [1.29, 1.82) is 0 Å². The van der Waals surface area contributed by atoms with Gasteiger partial charge in [0.1, 0.15) is 11.6 Å². The number of nitrogens with zero attached hydrogens (tertiary/aromatic N) is 3. The van der Waals surface area contributed by atoms with E-state index >= 15 is 0 Å². The van der Waals surface area contributed by atoms with Crippen LogP contribution in [0.2, 0.25) is 0 Å². The predicted octanol–water partition coefficient (Wildman–Crippen LogP) is 3.21. The largest absolute Gasteiger partial charge is 0.491 e. The molecule has 21 heavy (non-hydrogen) atoms. The lowest BCUT2D eigenvalue weighted by Crippen LogP contribution is -2.16. The van der Waals surface area contributed by atoms with E-state index in [4.69, 9.17) is 10.5 Å². The van der Waals surface area contributed by atoms with Crippen LogP contribution in [0.5, 0.6) is 5.75 Å². The van der Waals surface area contributed by atoms with E-state index in [0.717, 1.165) is 35.8 Å². The molecule has 5 heteroatoms. The van der Waals surface area contributed by atoms with Crippen LogP contribution in [0.25, 0.3) is 11.4 Å². The maximum atomic E-state index is 6.06. The molecule has 2 aromatic rings. The average molecular weight is 286 g/mol. The molecule has 1 aromatic heterocycles. The Bertz CT molecular complexity index is 635. The fourth-order valence-electron chi connectivity index (χ4n) is 2.71. The summed E-state index contributed by atoms with van der Waals surface area (Å²) < 4.78 is 7.66. The van der Waals surface area contributed by atoms with Gasteiger partial charge in [0.05, 0.1) is 18.3 Å². The van der Waals surface area contributed by atoms with Gasteiger partial charge in [-0.1, -0.05) is 6.92 Å². The summed E-state index contributed by atoms with van der Waals surface area (Å²) in [6.45, 7) is 4.94. The van der Waals surface area contributed by atoms with Crippen LogP contribution in [0.15, 0.2) is 18.2 Å². The first kappa shape index (κ1) is 13.9. The third-order valence-corrected chi connectivity index (χ3v) is 3.87. The van der Waals surface area contributed by atoms with Gasteiger partial charge in [-0.05, 0) is 44.4 Å². The van der Waals surface area contributed by atoms with Crippen molar-refractivity contribution < 1.29 is 4.74 Å². The summed E-state index contributed by atoms with van der Waals surface area (Å²) in [5, 5.41) is 4.64. The van der Waals surface area contributed by atoms with Crippen LogP contribution in [-0.4, -0.2) is 21.4 Å². The lowest BCUT2D eigenvalue weighted by molar-refractivity contribution is 0.319. The first-order chi connectivity index (χ1) is 10.2. The number of nitrogen functional groups attached to an aromatic ring is 1. The van der Waals surface area contributed by atoms with Gasteiger partial charge in [0.25, 0.3) is 0 Å². The van der Waals surface area contributed by atoms with E-state index < -0.39 is 0 Å². The topological polar surface area (TPSA) is 66.0 Å². The number of nitrogens with two attached hydrogens (primary N) is 1. The number of fused-ring (bicyclic) bond motifs is 1. The van der Waals surface area contributed by atoms with Gasteiger partial charge in [-0.25, -0.2) is 9.67 Å². The molecule has 0 spiro atoms. The molecule has 0 bridgehead atoms. The van der Waals surface area contributed by atoms with Crippen molar-refractivity contribution in [2.75, 3.05) is 12.3 Å². The summed E-state index contributed by atoms with van der Waals surface area (Å²) in [5.74, 6) is 2.57. The molecule has 0 amide bonds. The number of rotatable bonds is 4. The molecule has 0 aliphatic carbocycles. The van der Waals surface area contributed by atoms with Gasteiger partial charge in [-0.3, -0.25) is 0 Å². The van der Waals surface area contributed by atoms with Gasteiger partial charge in [0.2, 0.25) is 0 Å². The summed E-state index contributed by atoms with van der Waals surface area (Å²) in [6, 6.07) is 6.22. The van der Waals surface area contributed by atoms with E-state index in [0.29, 0.717) is 18.3 Å². The first-order valence-electron chi connectivity index (χ1n) is 7.67. The molecule has 1 aromatic carbocycles. The Hall–Kier alpha value is -2.04. The Morgan fingerprint density at radius 1 is 1.43 bits per heavy atom. The third-order valence-electron chi connectivity index (χ3n) is 3.87. The summed E-state index contributed by atoms with van der Waals surface area (Å²) in [7, 11) is 0. The van der Waals surface area contributed by atoms with Crippen LogP contribution < -0.4 is 10.5 Å². The number of benzene rings is 1. The maximum Gasteiger partial charge on any atom is 0.181 e. The summed E-state index contributed by atoms with van der Waals surface area (Å²) in [4.78, 5) is 4.66. The maximum absolute atomic E-state index is 6.06. The van der Waals surface area contributed by atoms with Gasteiger partial charge < -0.3 is 10.5 Å². The number of anilines is 1. The number of aromatic nitrogens is 3. The van der Waals surface area contributed by atoms with Crippen LogP contribution in [0.4, 0.5) is 5.69 Å². The molecule has 1 aliphatic heterocycles. The number of hydrogen-bond donors (Lipinski definition) is 1. The van der Waals surface area contributed by atoms with Gasteiger partial charge >= 0.3 is 0 Å². The number of ether oxygens (including phenoxy) is 1. The molecule has 0 fully saturated rings. The highest BCUT2D eigenvalue weighted by atomic mass is 16.5. The second kappa shape index (κ2) is 5.76. The molecule has 0 radical (unpaired) electrons. The van der Waals surface area contributed by atoms with Crippen molar-refractivity contribution in [3.8, 4) is 17.1 Å². The zero-order valence-electron chi connectivity index (χ0n) is 12.7. The van der Waals surface area contributed by atoms with Gasteiger partial charge in [-0.15, -0.1) is 0 Å². The molecule has 112 valence electrons. The van der Waals surface area contributed by atoms with Crippen molar-refractivity contribution in [1.82, 2.24) is 14.8 Å². The van der Waals surface area contributed by atoms with Gasteiger partial charge in [-0.2, -0.15) is 5.10 Å². The SMILES string of the molecule is CCCOc1ccc(-c2nc3n(n2)C(C)CCC3)cc1N. The third kappa shape index (κ3) is 2.73. The molecule has 5 nitrogen and oxygen atoms in total. The molecule has 1 unspecified atom stereocenters. The molecule has 1 aliphatic rings. The van der Waals surface area contributed by atoms with Gasteiger partial charge in [0, 0.05) is 12.0 Å². The zero-order valence-corrected chi connectivity index (χ0v) is 12.7. The zero-order chi connectivity index (χ0) is 14.8. The Kier molecular flexibility index (Phi) is 3.82. The van der Waals surface area contributed by atoms with Crippen molar-refractivity contribution in [2.45, 2.75) is 45.6 Å². The number of hydrogen-bond acceptors (Lipinski definition) is 4. The lowest BCUT2D eigenvalue weighted by Gasteiger charge is -2.18. The Morgan fingerprint density at radius 3 is 3.00 bits per heavy atom. The molecule has 3 rings (SSSR count). The van der Waals surface area contributed by atoms with Crippen LogP contribution in [-0.2, 0) is 6.42 Å². The quantitative estimate of drug-likeness (QED) is 0.876. The average Bonchev–Trinajstić information content (AvgIpc) is 2.91. The van der Waals surface area contributed by atoms with Crippen LogP contribution in [0.3, 0.4) is 0 Å². The lowest BCUT2D eigenvalue weighted by atomic mass is 10.1. The predicted molar refractivity (Wildman–Crippen MR) is 83.3 cm³/mol. The van der Waals surface area contributed by atoms with Crippen molar-refractivity contribution in [3.63, 3.8) is 0 Å². The van der Waals surface area contributed by atoms with E-state index in [-0.39, 0.29) is 0 Å². The van der Waals surface area contributed by atoms with Crippen LogP contribution >= 0.6 is 0 Å². The van der Waals surface area contributed by atoms with Crippen molar-refractivity contribution >= 4 is 5.69 Å². The second-order valence-electron chi connectivity index (χ2n) is 5.64. The minimum absolute atomic E-state index is 0.430. The Morgan fingerprint density at radius 2 is 2.29 bits per heavy atom. The standard InChI is InChI=1S/C16H22N4O/c1-3-9-21-14-8-7-12(10-13(14)17)16-18-15-6-4-5-11(2)20(15)19-16/h7-8,10-11H,3-6,9,17H2,1-2H3. The highest BCUT2D eigenvalue weighted by molar-refractivity contribution is 5.66. The molecule has 0 saturated heterocycles. The van der Waals surface area contributed by atoms with E-state index in [1.165, 1.54) is 12.8 Å². The molecule has 0 saturated carbocycles. The minimum atomic E-state index is 0.430. The molecular formula is C16H22N4O. The normalized spacial score (nSPS) is 17.5. The highest BCUT2D eigenvalue weighted by Crippen LogP contribution is 2.29. The number of aryl methyl sites for hydroxylation is 1. The smallest absolute Gasteiger partial charge is 0.181 e. The monoisotopic (exact) mass is 286 g/mol. The minimum Gasteiger partial charge on any atom is -0.491 e. The van der Waals surface area contributed by atoms with Crippen LogP contribution in [0, 0.1) is 0 Å². The van der Waals surface area contributed by atoms with Crippen LogP contribution in [0.1, 0.15) is 45.0 Å². The fraction of sp³-hybridized carbons (Fsp3) is 0.500. The van der Waals surface area contributed by atoms with Crippen molar-refractivity contribution in [3.05, 3.63) is 24.0 Å². The molecule has 1 atom stereocenters. The van der Waals surface area contributed by atoms with E-state index in [2.05, 4.69) is 28.6 Å². The van der Waals surface area contributed by atoms with Gasteiger partial charge in [0.15, 0.2) is 5.82 Å². The van der Waals surface area contributed by atoms with E-state index in [1.54, 1.807) is 0 Å². The fourth-order valence-corrected chi connectivity index (χ4v) is 2.71. The summed E-state index contributed by atoms with van der Waals surface area (Å²) in [5.41, 5.74) is 7.65. The molecular weight excluding hydrogens is 264 g/mol. The van der Waals surface area contributed by atoms with E-state index in [9.17, 15) is 0 Å². The molecule has 2 N–H and O–H groups in total. The second-order valence-corrected chi connectivity index (χ2v) is 5.64. The Balaban J connectivity index is 1.89. The Labute approximate surface area is 125 Å². The van der Waals surface area contributed by atoms with E-state index in [1.807, 2.05) is 18.2 Å². The highest BCUT2D eigenvalue weighted by Gasteiger charge is 2.20. The summed E-state index contributed by atoms with van der Waals surface area (Å²) >= 11 is 0. The molecule has 2 heterocycles. The summed E-state index contributed by atoms with van der Waals surface area (Å²) in [6.07, 6.45) is 4.33. The first-order valence-corrected chi connectivity index (χ1v) is 7.67. The van der Waals surface area contributed by atoms with Crippen molar-refractivity contribution in [2.24, 2.45) is 0 Å².